The molecule has 3 rings (SSSR count). The molecule has 0 spiro atoms. The van der Waals surface area contributed by atoms with Crippen LogP contribution in [0.4, 0.5) is 13.2 Å². The first-order valence-corrected chi connectivity index (χ1v) is 10.2. The summed E-state index contributed by atoms with van der Waals surface area (Å²) in [7, 11) is 0. The summed E-state index contributed by atoms with van der Waals surface area (Å²) in [5.41, 5.74) is 1.33. The van der Waals surface area contributed by atoms with Crippen molar-refractivity contribution in [2.75, 3.05) is 0 Å². The van der Waals surface area contributed by atoms with Gasteiger partial charge in [0, 0.05) is 16.1 Å². The van der Waals surface area contributed by atoms with Gasteiger partial charge in [0.05, 0.1) is 5.56 Å². The smallest absolute Gasteiger partial charge is 0.350 e. The number of amides is 1. The van der Waals surface area contributed by atoms with Crippen molar-refractivity contribution in [2.45, 2.75) is 39.9 Å². The van der Waals surface area contributed by atoms with E-state index in [4.69, 9.17) is 0 Å². The average molecular weight is 466 g/mol. The Bertz CT molecular complexity index is 995. The second kappa shape index (κ2) is 9.44. The molecule has 1 N–H and O–H groups in total. The second-order valence-corrected chi connectivity index (χ2v) is 7.41. The maximum atomic E-state index is 12.8. The van der Waals surface area contributed by atoms with Crippen LogP contribution in [0.2, 0.25) is 0 Å². The molecule has 0 saturated carbocycles. The Hall–Kier alpha value is -2.34. The molecule has 0 unspecified atom stereocenters. The second-order valence-electron chi connectivity index (χ2n) is 6.56. The zero-order valence-electron chi connectivity index (χ0n) is 16.7. The maximum Gasteiger partial charge on any atom is 0.416 e. The van der Waals surface area contributed by atoms with Crippen molar-refractivity contribution in [3.63, 3.8) is 0 Å². The molecule has 0 aliphatic rings. The van der Waals surface area contributed by atoms with Gasteiger partial charge in [0.15, 0.2) is 0 Å². The van der Waals surface area contributed by atoms with E-state index in [-0.39, 0.29) is 11.9 Å². The molecule has 0 heterocycles. The Kier molecular flexibility index (Phi) is 7.47. The molecular weight excluding hydrogens is 443 g/mol. The summed E-state index contributed by atoms with van der Waals surface area (Å²) in [4.78, 5) is 12.3. The third-order valence-corrected chi connectivity index (χ3v) is 4.86. The summed E-state index contributed by atoms with van der Waals surface area (Å²) in [6.07, 6.45) is -4.36. The molecule has 0 bridgehead atoms. The van der Waals surface area contributed by atoms with E-state index >= 15 is 0 Å². The fourth-order valence-electron chi connectivity index (χ4n) is 2.89. The lowest BCUT2D eigenvalue weighted by atomic mass is 9.96. The molecule has 2 nitrogen and oxygen atoms in total. The van der Waals surface area contributed by atoms with Gasteiger partial charge in [-0.05, 0) is 66.1 Å². The monoisotopic (exact) mass is 465 g/mol. The van der Waals surface area contributed by atoms with Crippen LogP contribution < -0.4 is 5.32 Å². The van der Waals surface area contributed by atoms with E-state index < -0.39 is 11.7 Å². The third kappa shape index (κ3) is 5.38. The quantitative estimate of drug-likeness (QED) is 0.427. The van der Waals surface area contributed by atoms with Crippen LogP contribution in [0, 0.1) is 0 Å². The highest BCUT2D eigenvalue weighted by atomic mass is 79.9. The van der Waals surface area contributed by atoms with Crippen molar-refractivity contribution in [3.8, 4) is 11.1 Å². The lowest BCUT2D eigenvalue weighted by molar-refractivity contribution is -0.137. The molecule has 1 amide bonds. The summed E-state index contributed by atoms with van der Waals surface area (Å²) < 4.78 is 39.2. The molecule has 0 radical (unpaired) electrons. The number of halogens is 4. The largest absolute Gasteiger partial charge is 0.416 e. The molecule has 0 fully saturated rings. The SMILES string of the molecule is CC.CC(C)NC(=O)c1ccc2c(-c3ccc(C(F)(F)F)cc3)ccc(Br)c2c1. The number of benzene rings is 3. The maximum absolute atomic E-state index is 12.8. The van der Waals surface area contributed by atoms with E-state index in [1.165, 1.54) is 12.1 Å². The van der Waals surface area contributed by atoms with Gasteiger partial charge in [-0.15, -0.1) is 0 Å². The number of carbonyl (C=O) groups excluding carboxylic acids is 1. The predicted molar refractivity (Wildman–Crippen MR) is 116 cm³/mol. The van der Waals surface area contributed by atoms with E-state index in [0.29, 0.717) is 11.1 Å². The van der Waals surface area contributed by atoms with Gasteiger partial charge in [-0.1, -0.05) is 54.0 Å². The van der Waals surface area contributed by atoms with E-state index in [1.807, 2.05) is 45.9 Å². The van der Waals surface area contributed by atoms with Gasteiger partial charge in [0.2, 0.25) is 0 Å². The molecule has 0 aliphatic carbocycles. The van der Waals surface area contributed by atoms with Gasteiger partial charge in [-0.3, -0.25) is 4.79 Å². The Balaban J connectivity index is 0.00000145. The van der Waals surface area contributed by atoms with E-state index in [2.05, 4.69) is 21.2 Å². The van der Waals surface area contributed by atoms with Crippen molar-refractivity contribution >= 4 is 32.6 Å². The van der Waals surface area contributed by atoms with Gasteiger partial charge in [0.1, 0.15) is 0 Å². The molecule has 6 heteroatoms. The van der Waals surface area contributed by atoms with E-state index in [9.17, 15) is 18.0 Å². The lowest BCUT2D eigenvalue weighted by Crippen LogP contribution is -2.29. The molecule has 3 aromatic carbocycles. The number of carbonyl (C=O) groups is 1. The van der Waals surface area contributed by atoms with Crippen LogP contribution in [0.5, 0.6) is 0 Å². The van der Waals surface area contributed by atoms with Crippen molar-refractivity contribution in [1.29, 1.82) is 0 Å². The summed E-state index contributed by atoms with van der Waals surface area (Å²) >= 11 is 3.49. The fourth-order valence-corrected chi connectivity index (χ4v) is 3.35. The highest BCUT2D eigenvalue weighted by Crippen LogP contribution is 2.36. The van der Waals surface area contributed by atoms with Crippen molar-refractivity contribution in [1.82, 2.24) is 5.32 Å². The van der Waals surface area contributed by atoms with E-state index in [1.54, 1.807) is 12.1 Å². The number of hydrogen-bond donors (Lipinski definition) is 1. The zero-order valence-corrected chi connectivity index (χ0v) is 18.3. The summed E-state index contributed by atoms with van der Waals surface area (Å²) in [5.74, 6) is -0.168. The molecular formula is C23H23BrF3NO. The van der Waals surface area contributed by atoms with Gasteiger partial charge >= 0.3 is 6.18 Å². The van der Waals surface area contributed by atoms with Crippen LogP contribution in [0.3, 0.4) is 0 Å². The molecule has 0 atom stereocenters. The molecule has 29 heavy (non-hydrogen) atoms. The van der Waals surface area contributed by atoms with Crippen LogP contribution in [0.1, 0.15) is 43.6 Å². The van der Waals surface area contributed by atoms with Crippen LogP contribution in [0.15, 0.2) is 59.1 Å². The highest BCUT2D eigenvalue weighted by molar-refractivity contribution is 9.10. The van der Waals surface area contributed by atoms with Crippen molar-refractivity contribution in [2.24, 2.45) is 0 Å². The third-order valence-electron chi connectivity index (χ3n) is 4.17. The minimum absolute atomic E-state index is 0.0233. The number of rotatable bonds is 3. The van der Waals surface area contributed by atoms with Crippen LogP contribution in [-0.2, 0) is 6.18 Å². The first-order valence-electron chi connectivity index (χ1n) is 9.37. The van der Waals surface area contributed by atoms with Gasteiger partial charge in [0.25, 0.3) is 5.91 Å². The molecule has 3 aromatic rings. The summed E-state index contributed by atoms with van der Waals surface area (Å²) in [6.45, 7) is 7.77. The number of alkyl halides is 3. The molecule has 0 aliphatic heterocycles. The van der Waals surface area contributed by atoms with E-state index in [0.717, 1.165) is 32.9 Å². The molecule has 0 aromatic heterocycles. The highest BCUT2D eigenvalue weighted by Gasteiger charge is 2.30. The lowest BCUT2D eigenvalue weighted by Gasteiger charge is -2.13. The van der Waals surface area contributed by atoms with Crippen LogP contribution in [-0.4, -0.2) is 11.9 Å². The fraction of sp³-hybridized carbons (Fsp3) is 0.261. The summed E-state index contributed by atoms with van der Waals surface area (Å²) in [5, 5.41) is 4.52. The van der Waals surface area contributed by atoms with Gasteiger partial charge < -0.3 is 5.32 Å². The average Bonchev–Trinajstić information content (AvgIpc) is 2.68. The predicted octanol–water partition coefficient (Wildman–Crippen LogP) is 7.45. The number of nitrogens with one attached hydrogen (secondary N) is 1. The van der Waals surface area contributed by atoms with Crippen molar-refractivity contribution < 1.29 is 18.0 Å². The Labute approximate surface area is 177 Å². The Morgan fingerprint density at radius 2 is 1.55 bits per heavy atom. The number of fused-ring (bicyclic) bond motifs is 1. The zero-order chi connectivity index (χ0) is 21.8. The Morgan fingerprint density at radius 1 is 0.931 bits per heavy atom. The molecule has 154 valence electrons. The van der Waals surface area contributed by atoms with Gasteiger partial charge in [-0.2, -0.15) is 13.2 Å². The standard InChI is InChI=1S/C21H17BrF3NO.C2H6/c1-12(2)26-20(27)14-5-8-17-16(9-10-19(22)18(17)11-14)13-3-6-15(7-4-13)21(23,24)25;1-2/h3-12H,1-2H3,(H,26,27);1-2H3. The molecule has 0 saturated heterocycles. The van der Waals surface area contributed by atoms with Crippen LogP contribution >= 0.6 is 15.9 Å². The minimum Gasteiger partial charge on any atom is -0.350 e. The Morgan fingerprint density at radius 3 is 2.10 bits per heavy atom. The topological polar surface area (TPSA) is 29.1 Å². The summed E-state index contributed by atoms with van der Waals surface area (Å²) in [6, 6.07) is 14.1. The van der Waals surface area contributed by atoms with Crippen LogP contribution in [0.25, 0.3) is 21.9 Å². The first-order chi connectivity index (χ1) is 13.7. The minimum atomic E-state index is -4.36. The van der Waals surface area contributed by atoms with Crippen molar-refractivity contribution in [3.05, 3.63) is 70.2 Å². The normalized spacial score (nSPS) is 11.2. The number of hydrogen-bond acceptors (Lipinski definition) is 1. The van der Waals surface area contributed by atoms with Gasteiger partial charge in [-0.25, -0.2) is 0 Å². The first kappa shape index (κ1) is 22.9.